The summed E-state index contributed by atoms with van der Waals surface area (Å²) in [6.45, 7) is 13.9. The highest BCUT2D eigenvalue weighted by Gasteiger charge is 2.41. The summed E-state index contributed by atoms with van der Waals surface area (Å²) in [7, 11) is -0.386. The molecule has 0 amide bonds. The number of carbonyl (C=O) groups is 1. The van der Waals surface area contributed by atoms with Crippen LogP contribution in [0.2, 0.25) is 16.6 Å². The van der Waals surface area contributed by atoms with Gasteiger partial charge in [-0.2, -0.15) is 0 Å². The standard InChI is InChI=1S/C22H29NO2Si/c1-15(2)26(16(3)4,17(5)6)11-10-18-8-9-21-19(12-18)13-20(14-23-21)22(24)25-7/h8-9,12-17H,1-7H3. The molecule has 2 aromatic rings. The van der Waals surface area contributed by atoms with Gasteiger partial charge in [-0.05, 0) is 40.9 Å². The second kappa shape index (κ2) is 8.05. The lowest BCUT2D eigenvalue weighted by Crippen LogP contribution is -2.43. The predicted molar refractivity (Wildman–Crippen MR) is 111 cm³/mol. The van der Waals surface area contributed by atoms with Gasteiger partial charge in [-0.25, -0.2) is 4.79 Å². The Labute approximate surface area is 158 Å². The summed E-state index contributed by atoms with van der Waals surface area (Å²) in [5, 5.41) is 0.908. The zero-order valence-electron chi connectivity index (χ0n) is 16.9. The molecule has 0 atom stereocenters. The molecule has 0 radical (unpaired) electrons. The lowest BCUT2D eigenvalue weighted by Gasteiger charge is -2.38. The first kappa shape index (κ1) is 20.2. The predicted octanol–water partition coefficient (Wildman–Crippen LogP) is 5.59. The van der Waals surface area contributed by atoms with Gasteiger partial charge in [0.25, 0.3) is 0 Å². The average molecular weight is 368 g/mol. The van der Waals surface area contributed by atoms with Crippen LogP contribution < -0.4 is 0 Å². The topological polar surface area (TPSA) is 39.2 Å². The molecule has 1 aromatic carbocycles. The molecule has 0 spiro atoms. The molecule has 0 saturated carbocycles. The molecule has 0 fully saturated rings. The number of rotatable bonds is 4. The van der Waals surface area contributed by atoms with E-state index in [1.54, 1.807) is 6.20 Å². The molecule has 0 N–H and O–H groups in total. The van der Waals surface area contributed by atoms with Gasteiger partial charge in [0.2, 0.25) is 0 Å². The van der Waals surface area contributed by atoms with E-state index in [4.69, 9.17) is 4.74 Å². The van der Waals surface area contributed by atoms with Gasteiger partial charge in [-0.15, -0.1) is 5.54 Å². The zero-order chi connectivity index (χ0) is 19.5. The van der Waals surface area contributed by atoms with Crippen molar-refractivity contribution in [2.45, 2.75) is 58.2 Å². The van der Waals surface area contributed by atoms with Crippen LogP contribution >= 0.6 is 0 Å². The van der Waals surface area contributed by atoms with Crippen LogP contribution in [0.1, 0.15) is 57.5 Å². The van der Waals surface area contributed by atoms with Crippen molar-refractivity contribution in [2.75, 3.05) is 7.11 Å². The molecular weight excluding hydrogens is 338 g/mol. The van der Waals surface area contributed by atoms with Crippen molar-refractivity contribution < 1.29 is 9.53 Å². The van der Waals surface area contributed by atoms with Gasteiger partial charge in [0, 0.05) is 17.1 Å². The van der Waals surface area contributed by atoms with E-state index in [2.05, 4.69) is 58.0 Å². The molecule has 0 aliphatic rings. The molecule has 0 saturated heterocycles. The lowest BCUT2D eigenvalue weighted by molar-refractivity contribution is 0.0600. The van der Waals surface area contributed by atoms with Crippen LogP contribution in [0.3, 0.4) is 0 Å². The zero-order valence-corrected chi connectivity index (χ0v) is 17.9. The number of ether oxygens (including phenoxy) is 1. The SMILES string of the molecule is COC(=O)c1cnc2ccc(C#C[Si](C(C)C)(C(C)C)C(C)C)cc2c1. The molecule has 3 nitrogen and oxygen atoms in total. The van der Waals surface area contributed by atoms with Crippen LogP contribution in [-0.4, -0.2) is 26.1 Å². The van der Waals surface area contributed by atoms with Crippen molar-refractivity contribution in [3.63, 3.8) is 0 Å². The number of benzene rings is 1. The highest BCUT2D eigenvalue weighted by molar-refractivity contribution is 6.90. The monoisotopic (exact) mass is 367 g/mol. The minimum absolute atomic E-state index is 0.373. The third-order valence-electron chi connectivity index (χ3n) is 5.39. The first-order chi connectivity index (χ1) is 12.2. The van der Waals surface area contributed by atoms with Crippen LogP contribution in [0.4, 0.5) is 0 Å². The smallest absolute Gasteiger partial charge is 0.339 e. The van der Waals surface area contributed by atoms with E-state index in [0.29, 0.717) is 22.2 Å². The quantitative estimate of drug-likeness (QED) is 0.402. The summed E-state index contributed by atoms with van der Waals surface area (Å²) in [5.41, 5.74) is 7.82. The number of nitrogens with zero attached hydrogens (tertiary/aromatic N) is 1. The van der Waals surface area contributed by atoms with Gasteiger partial charge in [0.15, 0.2) is 0 Å². The average Bonchev–Trinajstić information content (AvgIpc) is 2.59. The van der Waals surface area contributed by atoms with E-state index < -0.39 is 8.07 Å². The highest BCUT2D eigenvalue weighted by atomic mass is 28.3. The molecule has 1 heterocycles. The number of aromatic nitrogens is 1. The summed E-state index contributed by atoms with van der Waals surface area (Å²) >= 11 is 0. The molecule has 0 aliphatic carbocycles. The number of carbonyl (C=O) groups excluding carboxylic acids is 1. The lowest BCUT2D eigenvalue weighted by atomic mass is 10.1. The summed E-state index contributed by atoms with van der Waals surface area (Å²) in [4.78, 5) is 16.1. The van der Waals surface area contributed by atoms with Crippen molar-refractivity contribution in [2.24, 2.45) is 0 Å². The maximum absolute atomic E-state index is 11.7. The van der Waals surface area contributed by atoms with Crippen molar-refractivity contribution in [1.29, 1.82) is 0 Å². The van der Waals surface area contributed by atoms with E-state index in [9.17, 15) is 4.79 Å². The molecule has 138 valence electrons. The normalized spacial score (nSPS) is 11.8. The third kappa shape index (κ3) is 3.83. The number of fused-ring (bicyclic) bond motifs is 1. The van der Waals surface area contributed by atoms with Crippen molar-refractivity contribution in [1.82, 2.24) is 4.98 Å². The fraction of sp³-hybridized carbons (Fsp3) is 0.455. The second-order valence-electron chi connectivity index (χ2n) is 7.77. The molecule has 26 heavy (non-hydrogen) atoms. The maximum atomic E-state index is 11.7. The first-order valence-corrected chi connectivity index (χ1v) is 11.5. The van der Waals surface area contributed by atoms with E-state index >= 15 is 0 Å². The third-order valence-corrected chi connectivity index (χ3v) is 11.7. The van der Waals surface area contributed by atoms with Gasteiger partial charge >= 0.3 is 5.97 Å². The van der Waals surface area contributed by atoms with Crippen LogP contribution in [-0.2, 0) is 4.74 Å². The Hall–Kier alpha value is -2.12. The largest absolute Gasteiger partial charge is 0.465 e. The van der Waals surface area contributed by atoms with Crippen LogP contribution in [0, 0.1) is 11.5 Å². The molecule has 4 heteroatoms. The van der Waals surface area contributed by atoms with Crippen molar-refractivity contribution in [3.8, 4) is 11.5 Å². The van der Waals surface area contributed by atoms with Crippen molar-refractivity contribution in [3.05, 3.63) is 41.6 Å². The van der Waals surface area contributed by atoms with E-state index in [0.717, 1.165) is 16.5 Å². The van der Waals surface area contributed by atoms with Crippen molar-refractivity contribution >= 4 is 24.9 Å². The molecule has 0 unspecified atom stereocenters. The Morgan fingerprint density at radius 1 is 1.04 bits per heavy atom. The highest BCUT2D eigenvalue weighted by Crippen LogP contribution is 2.40. The van der Waals surface area contributed by atoms with Crippen LogP contribution in [0.5, 0.6) is 0 Å². The summed E-state index contributed by atoms with van der Waals surface area (Å²) in [6.07, 6.45) is 1.55. The van der Waals surface area contributed by atoms with Gasteiger partial charge in [0.05, 0.1) is 18.2 Å². The Morgan fingerprint density at radius 3 is 2.19 bits per heavy atom. The fourth-order valence-corrected chi connectivity index (χ4v) is 9.28. The maximum Gasteiger partial charge on any atom is 0.339 e. The van der Waals surface area contributed by atoms with Gasteiger partial charge in [-0.1, -0.05) is 47.5 Å². The summed E-state index contributed by atoms with van der Waals surface area (Å²) in [6, 6.07) is 7.81. The Morgan fingerprint density at radius 2 is 1.65 bits per heavy atom. The van der Waals surface area contributed by atoms with E-state index in [1.807, 2.05) is 24.3 Å². The van der Waals surface area contributed by atoms with Crippen LogP contribution in [0.25, 0.3) is 10.9 Å². The Bertz CT molecular complexity index is 838. The number of hydrogen-bond donors (Lipinski definition) is 0. The Balaban J connectivity index is 2.51. The fourth-order valence-electron chi connectivity index (χ4n) is 4.05. The minimum atomic E-state index is -1.76. The molecule has 0 bridgehead atoms. The van der Waals surface area contributed by atoms with Gasteiger partial charge < -0.3 is 4.74 Å². The number of hydrogen-bond acceptors (Lipinski definition) is 3. The molecule has 0 aliphatic heterocycles. The minimum Gasteiger partial charge on any atom is -0.465 e. The van der Waals surface area contributed by atoms with Gasteiger partial charge in [-0.3, -0.25) is 4.98 Å². The summed E-state index contributed by atoms with van der Waals surface area (Å²) in [5.74, 6) is 3.08. The molecular formula is C22H29NO2Si. The van der Waals surface area contributed by atoms with Crippen LogP contribution in [0.15, 0.2) is 30.5 Å². The molecule has 2 rings (SSSR count). The summed E-state index contributed by atoms with van der Waals surface area (Å²) < 4.78 is 4.79. The number of pyridine rings is 1. The van der Waals surface area contributed by atoms with E-state index in [-0.39, 0.29) is 5.97 Å². The van der Waals surface area contributed by atoms with Gasteiger partial charge in [0.1, 0.15) is 8.07 Å². The number of esters is 1. The number of methoxy groups -OCH3 is 1. The van der Waals surface area contributed by atoms with E-state index in [1.165, 1.54) is 7.11 Å². The Kier molecular flexibility index (Phi) is 6.25. The second-order valence-corrected chi connectivity index (χ2v) is 13.4. The molecule has 1 aromatic heterocycles. The first-order valence-electron chi connectivity index (χ1n) is 9.23.